The molecule has 0 amide bonds. The van der Waals surface area contributed by atoms with Crippen molar-refractivity contribution in [3.63, 3.8) is 0 Å². The zero-order valence-corrected chi connectivity index (χ0v) is 13.0. The molecule has 4 rings (SSSR count). The third-order valence-corrected chi connectivity index (χ3v) is 4.04. The number of alkyl halides is 3. The van der Waals surface area contributed by atoms with E-state index in [9.17, 15) is 13.2 Å². The Labute approximate surface area is 139 Å². The second-order valence-electron chi connectivity index (χ2n) is 5.72. The van der Waals surface area contributed by atoms with Gasteiger partial charge in [0.05, 0.1) is 0 Å². The quantitative estimate of drug-likeness (QED) is 0.722. The second-order valence-corrected chi connectivity index (χ2v) is 5.72. The molecule has 0 bridgehead atoms. The Hall–Kier alpha value is -2.78. The van der Waals surface area contributed by atoms with E-state index >= 15 is 0 Å². The van der Waals surface area contributed by atoms with Crippen LogP contribution in [0.5, 0.6) is 0 Å². The van der Waals surface area contributed by atoms with E-state index in [4.69, 9.17) is 4.52 Å². The summed E-state index contributed by atoms with van der Waals surface area (Å²) in [5.41, 5.74) is 0.0625. The summed E-state index contributed by atoms with van der Waals surface area (Å²) in [7, 11) is 0. The molecule has 3 heterocycles. The van der Waals surface area contributed by atoms with Crippen LogP contribution in [0.1, 0.15) is 35.7 Å². The van der Waals surface area contributed by atoms with Gasteiger partial charge in [-0.1, -0.05) is 5.16 Å². The maximum Gasteiger partial charge on any atom is 0.435 e. The van der Waals surface area contributed by atoms with E-state index in [0.29, 0.717) is 18.5 Å². The third-order valence-electron chi connectivity index (χ3n) is 4.04. The van der Waals surface area contributed by atoms with Gasteiger partial charge < -0.3 is 4.52 Å². The van der Waals surface area contributed by atoms with E-state index in [1.54, 1.807) is 6.07 Å². The van der Waals surface area contributed by atoms with E-state index in [-0.39, 0.29) is 29.6 Å². The van der Waals surface area contributed by atoms with Gasteiger partial charge in [-0.3, -0.25) is 4.68 Å². The first kappa shape index (κ1) is 15.7. The Bertz CT molecular complexity index is 887. The number of nitrogens with zero attached hydrogens (tertiary/aromatic N) is 6. The summed E-state index contributed by atoms with van der Waals surface area (Å²) in [6.07, 6.45) is 1.12. The van der Waals surface area contributed by atoms with Gasteiger partial charge in [0.25, 0.3) is 0 Å². The van der Waals surface area contributed by atoms with Crippen LogP contribution in [0, 0.1) is 0 Å². The van der Waals surface area contributed by atoms with E-state index in [2.05, 4.69) is 25.2 Å². The summed E-state index contributed by atoms with van der Waals surface area (Å²) in [6, 6.07) is 1.65. The van der Waals surface area contributed by atoms with Crippen LogP contribution < -0.4 is 0 Å². The van der Waals surface area contributed by atoms with Crippen molar-refractivity contribution in [2.75, 3.05) is 0 Å². The van der Waals surface area contributed by atoms with Gasteiger partial charge in [-0.05, 0) is 31.7 Å². The van der Waals surface area contributed by atoms with Crippen LogP contribution in [0.4, 0.5) is 13.2 Å². The lowest BCUT2D eigenvalue weighted by atomic mass is 9.95. The molecule has 3 aromatic rings. The highest BCUT2D eigenvalue weighted by molar-refractivity contribution is 5.40. The molecule has 0 saturated heterocycles. The minimum atomic E-state index is -4.47. The zero-order valence-electron chi connectivity index (χ0n) is 13.0. The molecule has 25 heavy (non-hydrogen) atoms. The third kappa shape index (κ3) is 2.99. The van der Waals surface area contributed by atoms with Crippen molar-refractivity contribution in [1.82, 2.24) is 29.9 Å². The molecule has 10 heteroatoms. The Kier molecular flexibility index (Phi) is 3.74. The molecule has 0 atom stereocenters. The number of hydrogen-bond donors (Lipinski definition) is 0. The minimum absolute atomic E-state index is 0.0156. The fourth-order valence-corrected chi connectivity index (χ4v) is 2.98. The Balaban J connectivity index is 1.65. The van der Waals surface area contributed by atoms with Crippen LogP contribution in [0.15, 0.2) is 23.0 Å². The maximum atomic E-state index is 13.2. The van der Waals surface area contributed by atoms with Crippen LogP contribution in [0.25, 0.3) is 11.6 Å². The molecule has 0 spiro atoms. The summed E-state index contributed by atoms with van der Waals surface area (Å²) < 4.78 is 46.1. The molecule has 1 aliphatic rings. The average molecular weight is 350 g/mol. The van der Waals surface area contributed by atoms with Gasteiger partial charge in [-0.15, -0.1) is 0 Å². The van der Waals surface area contributed by atoms with Gasteiger partial charge in [-0.2, -0.15) is 23.3 Å². The first-order chi connectivity index (χ1) is 12.0. The van der Waals surface area contributed by atoms with Crippen LogP contribution in [-0.2, 0) is 25.6 Å². The van der Waals surface area contributed by atoms with Crippen LogP contribution in [-0.4, -0.2) is 29.9 Å². The van der Waals surface area contributed by atoms with Crippen molar-refractivity contribution in [3.8, 4) is 11.6 Å². The fourth-order valence-electron chi connectivity index (χ4n) is 2.98. The van der Waals surface area contributed by atoms with Crippen molar-refractivity contribution in [3.05, 3.63) is 41.3 Å². The van der Waals surface area contributed by atoms with Gasteiger partial charge in [0, 0.05) is 23.7 Å². The van der Waals surface area contributed by atoms with Crippen molar-refractivity contribution in [2.24, 2.45) is 0 Å². The summed E-state index contributed by atoms with van der Waals surface area (Å²) in [6.45, 7) is -0.0156. The Morgan fingerprint density at radius 1 is 1.08 bits per heavy atom. The first-order valence-electron chi connectivity index (χ1n) is 7.78. The van der Waals surface area contributed by atoms with E-state index in [1.807, 2.05) is 0 Å². The molecule has 0 fully saturated rings. The summed E-state index contributed by atoms with van der Waals surface area (Å²) in [5.74, 6) is 0.635. The smallest absolute Gasteiger partial charge is 0.337 e. The van der Waals surface area contributed by atoms with E-state index in [0.717, 1.165) is 12.8 Å². The lowest BCUT2D eigenvalue weighted by Gasteiger charge is -2.14. The SMILES string of the molecule is FC(F)(F)c1nn(Cc2nc(-c3ncccn3)no2)c2c1CCCC2. The summed E-state index contributed by atoms with van der Waals surface area (Å²) >= 11 is 0. The van der Waals surface area contributed by atoms with Gasteiger partial charge in [0.15, 0.2) is 5.69 Å². The second kappa shape index (κ2) is 5.94. The van der Waals surface area contributed by atoms with Gasteiger partial charge in [-0.25, -0.2) is 9.97 Å². The van der Waals surface area contributed by atoms with Crippen molar-refractivity contribution >= 4 is 0 Å². The molecule has 0 aromatic carbocycles. The highest BCUT2D eigenvalue weighted by atomic mass is 19.4. The maximum absolute atomic E-state index is 13.2. The molecular weight excluding hydrogens is 337 g/mol. The molecule has 7 nitrogen and oxygen atoms in total. The largest absolute Gasteiger partial charge is 0.435 e. The average Bonchev–Trinajstić information content (AvgIpc) is 3.21. The predicted octanol–water partition coefficient (Wildman–Crippen LogP) is 2.67. The number of rotatable bonds is 3. The standard InChI is InChI=1S/C15H13F3N6O/c16-15(17,18)12-9-4-1-2-5-10(9)24(22-12)8-11-21-14(23-25-11)13-19-6-3-7-20-13/h3,6-7H,1-2,4-5,8H2. The lowest BCUT2D eigenvalue weighted by molar-refractivity contribution is -0.142. The van der Waals surface area contributed by atoms with Crippen molar-refractivity contribution in [1.29, 1.82) is 0 Å². The molecule has 0 saturated carbocycles. The molecule has 1 aliphatic carbocycles. The van der Waals surface area contributed by atoms with Crippen molar-refractivity contribution in [2.45, 2.75) is 38.4 Å². The van der Waals surface area contributed by atoms with E-state index in [1.165, 1.54) is 17.1 Å². The fraction of sp³-hybridized carbons (Fsp3) is 0.400. The predicted molar refractivity (Wildman–Crippen MR) is 78.3 cm³/mol. The van der Waals surface area contributed by atoms with Gasteiger partial charge in [0.1, 0.15) is 6.54 Å². The molecular formula is C15H13F3N6O. The highest BCUT2D eigenvalue weighted by Gasteiger charge is 2.39. The Morgan fingerprint density at radius 3 is 2.60 bits per heavy atom. The minimum Gasteiger partial charge on any atom is -0.337 e. The van der Waals surface area contributed by atoms with E-state index < -0.39 is 11.9 Å². The topological polar surface area (TPSA) is 82.5 Å². The van der Waals surface area contributed by atoms with Gasteiger partial charge >= 0.3 is 6.18 Å². The molecule has 0 aliphatic heterocycles. The molecule has 0 radical (unpaired) electrons. The molecule has 0 N–H and O–H groups in total. The molecule has 3 aromatic heterocycles. The lowest BCUT2D eigenvalue weighted by Crippen LogP contribution is -2.11. The van der Waals surface area contributed by atoms with Crippen LogP contribution in [0.3, 0.4) is 0 Å². The van der Waals surface area contributed by atoms with Crippen molar-refractivity contribution < 1.29 is 17.7 Å². The first-order valence-corrected chi connectivity index (χ1v) is 7.78. The van der Waals surface area contributed by atoms with Gasteiger partial charge in [0.2, 0.25) is 17.5 Å². The van der Waals surface area contributed by atoms with Crippen LogP contribution >= 0.6 is 0 Å². The summed E-state index contributed by atoms with van der Waals surface area (Å²) in [5, 5.41) is 7.55. The monoisotopic (exact) mass is 350 g/mol. The normalized spacial score (nSPS) is 14.5. The Morgan fingerprint density at radius 2 is 1.84 bits per heavy atom. The zero-order chi connectivity index (χ0) is 17.4. The highest BCUT2D eigenvalue weighted by Crippen LogP contribution is 2.36. The molecule has 0 unspecified atom stereocenters. The molecule has 130 valence electrons. The number of aromatic nitrogens is 6. The number of halogens is 3. The summed E-state index contributed by atoms with van der Waals surface area (Å²) in [4.78, 5) is 12.2. The number of fused-ring (bicyclic) bond motifs is 1. The van der Waals surface area contributed by atoms with Crippen LogP contribution in [0.2, 0.25) is 0 Å². The number of hydrogen-bond acceptors (Lipinski definition) is 6.